The second-order valence-electron chi connectivity index (χ2n) is 3.89. The third-order valence-corrected chi connectivity index (χ3v) is 3.35. The van der Waals surface area contributed by atoms with Gasteiger partial charge in [-0.25, -0.2) is 0 Å². The topological polar surface area (TPSA) is 41.1 Å². The number of rotatable bonds is 5. The van der Waals surface area contributed by atoms with E-state index in [1.165, 1.54) is 5.57 Å². The number of halogens is 1. The maximum Gasteiger partial charge on any atom is 0.223 e. The molecule has 3 nitrogen and oxygen atoms in total. The van der Waals surface area contributed by atoms with Gasteiger partial charge in [0.05, 0.1) is 0 Å². The van der Waals surface area contributed by atoms with E-state index in [1.54, 1.807) is 11.8 Å². The Bertz CT molecular complexity index is 246. The quantitative estimate of drug-likeness (QED) is 0.739. The van der Waals surface area contributed by atoms with E-state index in [0.29, 0.717) is 0 Å². The molecule has 0 spiro atoms. The van der Waals surface area contributed by atoms with Crippen molar-refractivity contribution >= 4 is 30.1 Å². The van der Waals surface area contributed by atoms with Crippen molar-refractivity contribution in [1.29, 1.82) is 0 Å². The molecule has 1 aliphatic rings. The third kappa shape index (κ3) is 5.77. The predicted octanol–water partition coefficient (Wildman–Crippen LogP) is 1.44. The number of thioether (sulfide) groups is 1. The van der Waals surface area contributed by atoms with Crippen LogP contribution in [-0.4, -0.2) is 37.6 Å². The molecule has 1 aliphatic heterocycles. The maximum atomic E-state index is 11.6. The van der Waals surface area contributed by atoms with Crippen LogP contribution in [0.25, 0.3) is 0 Å². The van der Waals surface area contributed by atoms with Crippen LogP contribution in [0.5, 0.6) is 0 Å². The van der Waals surface area contributed by atoms with Gasteiger partial charge in [-0.1, -0.05) is 18.6 Å². The molecule has 0 aromatic rings. The highest BCUT2D eigenvalue weighted by molar-refractivity contribution is 7.98. The Hall–Kier alpha value is -0.190. The van der Waals surface area contributed by atoms with Crippen LogP contribution in [0.15, 0.2) is 11.6 Å². The highest BCUT2D eigenvalue weighted by Crippen LogP contribution is 2.06. The first-order chi connectivity index (χ1) is 7.24. The highest BCUT2D eigenvalue weighted by atomic mass is 35.5. The molecule has 5 heteroatoms. The van der Waals surface area contributed by atoms with Crippen LogP contribution >= 0.6 is 24.2 Å². The van der Waals surface area contributed by atoms with E-state index in [4.69, 9.17) is 0 Å². The highest BCUT2D eigenvalue weighted by Gasteiger charge is 2.12. The second kappa shape index (κ2) is 8.90. The molecule has 0 saturated heterocycles. The smallest absolute Gasteiger partial charge is 0.223 e. The SMILES string of the molecule is CSCC(C)C(=O)NCC1=CCNCC1.Cl. The molecule has 1 unspecified atom stereocenters. The molecule has 16 heavy (non-hydrogen) atoms. The summed E-state index contributed by atoms with van der Waals surface area (Å²) in [7, 11) is 0. The normalized spacial score (nSPS) is 17.0. The molecular weight excluding hydrogens is 244 g/mol. The zero-order valence-corrected chi connectivity index (χ0v) is 11.5. The van der Waals surface area contributed by atoms with Crippen LogP contribution in [0.1, 0.15) is 13.3 Å². The Balaban J connectivity index is 0.00000225. The summed E-state index contributed by atoms with van der Waals surface area (Å²) in [6, 6.07) is 0. The summed E-state index contributed by atoms with van der Waals surface area (Å²) in [5, 5.41) is 6.24. The van der Waals surface area contributed by atoms with Crippen LogP contribution < -0.4 is 10.6 Å². The summed E-state index contributed by atoms with van der Waals surface area (Å²) < 4.78 is 0. The van der Waals surface area contributed by atoms with Crippen LogP contribution in [-0.2, 0) is 4.79 Å². The molecule has 1 amide bonds. The maximum absolute atomic E-state index is 11.6. The lowest BCUT2D eigenvalue weighted by Gasteiger charge is -2.16. The number of hydrogen-bond acceptors (Lipinski definition) is 3. The van der Waals surface area contributed by atoms with Crippen molar-refractivity contribution in [2.75, 3.05) is 31.6 Å². The fraction of sp³-hybridized carbons (Fsp3) is 0.727. The van der Waals surface area contributed by atoms with E-state index >= 15 is 0 Å². The van der Waals surface area contributed by atoms with Crippen LogP contribution in [0.2, 0.25) is 0 Å². The number of nitrogens with one attached hydrogen (secondary N) is 2. The van der Waals surface area contributed by atoms with Gasteiger partial charge in [0.25, 0.3) is 0 Å². The van der Waals surface area contributed by atoms with Crippen molar-refractivity contribution in [3.8, 4) is 0 Å². The van der Waals surface area contributed by atoms with Crippen molar-refractivity contribution in [3.05, 3.63) is 11.6 Å². The molecule has 94 valence electrons. The first-order valence-corrected chi connectivity index (χ1v) is 6.78. The molecule has 0 aromatic heterocycles. The lowest BCUT2D eigenvalue weighted by molar-refractivity contribution is -0.123. The molecule has 0 aromatic carbocycles. The van der Waals surface area contributed by atoms with Crippen molar-refractivity contribution < 1.29 is 4.79 Å². The zero-order valence-electron chi connectivity index (χ0n) is 9.91. The average Bonchev–Trinajstić information content (AvgIpc) is 2.27. The summed E-state index contributed by atoms with van der Waals surface area (Å²) in [6.07, 6.45) is 5.25. The van der Waals surface area contributed by atoms with Gasteiger partial charge in [0.1, 0.15) is 0 Å². The molecular formula is C11H21ClN2OS. The minimum absolute atomic E-state index is 0. The number of carbonyl (C=O) groups is 1. The first kappa shape index (κ1) is 15.8. The van der Waals surface area contributed by atoms with E-state index in [-0.39, 0.29) is 24.2 Å². The molecule has 0 saturated carbocycles. The summed E-state index contributed by atoms with van der Waals surface area (Å²) in [5.41, 5.74) is 1.35. The molecule has 1 heterocycles. The van der Waals surface area contributed by atoms with Gasteiger partial charge in [-0.2, -0.15) is 11.8 Å². The fourth-order valence-electron chi connectivity index (χ4n) is 1.53. The second-order valence-corrected chi connectivity index (χ2v) is 4.80. The van der Waals surface area contributed by atoms with Gasteiger partial charge in [0.2, 0.25) is 5.91 Å². The minimum Gasteiger partial charge on any atom is -0.352 e. The number of hydrogen-bond donors (Lipinski definition) is 2. The Morgan fingerprint density at radius 2 is 2.44 bits per heavy atom. The van der Waals surface area contributed by atoms with Gasteiger partial charge in [-0.3, -0.25) is 4.79 Å². The molecule has 0 bridgehead atoms. The summed E-state index contributed by atoms with van der Waals surface area (Å²) in [5.74, 6) is 1.18. The lowest BCUT2D eigenvalue weighted by Crippen LogP contribution is -2.33. The Morgan fingerprint density at radius 3 is 3.00 bits per heavy atom. The zero-order chi connectivity index (χ0) is 11.1. The third-order valence-electron chi connectivity index (χ3n) is 2.51. The molecule has 1 rings (SSSR count). The summed E-state index contributed by atoms with van der Waals surface area (Å²) in [4.78, 5) is 11.6. The summed E-state index contributed by atoms with van der Waals surface area (Å²) in [6.45, 7) is 4.66. The van der Waals surface area contributed by atoms with Crippen LogP contribution in [0.3, 0.4) is 0 Å². The molecule has 0 aliphatic carbocycles. The van der Waals surface area contributed by atoms with Crippen LogP contribution in [0.4, 0.5) is 0 Å². The predicted molar refractivity (Wildman–Crippen MR) is 73.4 cm³/mol. The van der Waals surface area contributed by atoms with Crippen LogP contribution in [0, 0.1) is 5.92 Å². The molecule has 1 atom stereocenters. The van der Waals surface area contributed by atoms with Gasteiger partial charge < -0.3 is 10.6 Å². The Morgan fingerprint density at radius 1 is 1.69 bits per heavy atom. The standard InChI is InChI=1S/C11H20N2OS.ClH/c1-9(8-15-2)11(14)13-7-10-3-5-12-6-4-10;/h3,9,12H,4-8H2,1-2H3,(H,13,14);1H. The van der Waals surface area contributed by atoms with Crippen molar-refractivity contribution in [1.82, 2.24) is 10.6 Å². The molecule has 0 radical (unpaired) electrons. The van der Waals surface area contributed by atoms with Gasteiger partial charge >= 0.3 is 0 Å². The lowest BCUT2D eigenvalue weighted by atomic mass is 10.1. The Kier molecular flexibility index (Phi) is 8.80. The van der Waals surface area contributed by atoms with E-state index < -0.39 is 0 Å². The van der Waals surface area contributed by atoms with E-state index in [9.17, 15) is 4.79 Å². The monoisotopic (exact) mass is 264 g/mol. The number of carbonyl (C=O) groups excluding carboxylic acids is 1. The van der Waals surface area contributed by atoms with Gasteiger partial charge in [0, 0.05) is 24.8 Å². The van der Waals surface area contributed by atoms with E-state index in [1.807, 2.05) is 13.2 Å². The fourth-order valence-corrected chi connectivity index (χ4v) is 2.18. The Labute approximate surface area is 108 Å². The largest absolute Gasteiger partial charge is 0.352 e. The van der Waals surface area contributed by atoms with Gasteiger partial charge in [0.15, 0.2) is 0 Å². The average molecular weight is 265 g/mol. The van der Waals surface area contributed by atoms with Gasteiger partial charge in [-0.15, -0.1) is 12.4 Å². The molecule has 0 fully saturated rings. The van der Waals surface area contributed by atoms with Crippen molar-refractivity contribution in [2.24, 2.45) is 5.92 Å². The summed E-state index contributed by atoms with van der Waals surface area (Å²) >= 11 is 1.71. The van der Waals surface area contributed by atoms with Gasteiger partial charge in [-0.05, 0) is 19.2 Å². The minimum atomic E-state index is 0. The van der Waals surface area contributed by atoms with E-state index in [0.717, 1.165) is 31.8 Å². The van der Waals surface area contributed by atoms with Crippen molar-refractivity contribution in [2.45, 2.75) is 13.3 Å². The first-order valence-electron chi connectivity index (χ1n) is 5.39. The number of amides is 1. The van der Waals surface area contributed by atoms with Crippen molar-refractivity contribution in [3.63, 3.8) is 0 Å². The molecule has 2 N–H and O–H groups in total. The van der Waals surface area contributed by atoms with E-state index in [2.05, 4.69) is 16.7 Å².